The normalized spacial score (nSPS) is 16.0. The second-order valence-electron chi connectivity index (χ2n) is 5.59. The zero-order valence-corrected chi connectivity index (χ0v) is 14.9. The van der Waals surface area contributed by atoms with E-state index in [2.05, 4.69) is 20.7 Å². The Morgan fingerprint density at radius 2 is 2.00 bits per heavy atom. The zero-order valence-electron chi connectivity index (χ0n) is 14.1. The fourth-order valence-corrected chi connectivity index (χ4v) is 2.62. The summed E-state index contributed by atoms with van der Waals surface area (Å²) in [4.78, 5) is 2.39. The summed E-state index contributed by atoms with van der Waals surface area (Å²) in [5, 5.41) is 7.99. The van der Waals surface area contributed by atoms with Gasteiger partial charge in [0.15, 0.2) is 5.11 Å². The largest absolute Gasteiger partial charge is 0.379 e. The van der Waals surface area contributed by atoms with Crippen LogP contribution in [-0.4, -0.2) is 55.1 Å². The van der Waals surface area contributed by atoms with E-state index in [0.29, 0.717) is 5.11 Å². The average Bonchev–Trinajstić information content (AvgIpc) is 2.61. The quantitative estimate of drug-likeness (QED) is 0.341. The van der Waals surface area contributed by atoms with Gasteiger partial charge in [0.2, 0.25) is 0 Å². The predicted octanol–water partition coefficient (Wildman–Crippen LogP) is 2.13. The fourth-order valence-electron chi connectivity index (χ4n) is 2.48. The van der Waals surface area contributed by atoms with Gasteiger partial charge in [0, 0.05) is 19.6 Å². The first-order valence-electron chi connectivity index (χ1n) is 8.35. The molecule has 0 aliphatic carbocycles. The van der Waals surface area contributed by atoms with Crippen LogP contribution in [-0.2, 0) is 4.74 Å². The Kier molecular flexibility index (Phi) is 8.07. The SMILES string of the molecule is CC/C(=N/NC(=S)NCCCN1CCOCC1)c1ccc(F)cc1. The van der Waals surface area contributed by atoms with E-state index >= 15 is 0 Å². The molecule has 0 spiro atoms. The molecule has 2 N–H and O–H groups in total. The highest BCUT2D eigenvalue weighted by molar-refractivity contribution is 7.80. The Morgan fingerprint density at radius 1 is 1.29 bits per heavy atom. The minimum absolute atomic E-state index is 0.250. The smallest absolute Gasteiger partial charge is 0.186 e. The van der Waals surface area contributed by atoms with Crippen LogP contribution in [0.15, 0.2) is 29.4 Å². The molecule has 1 fully saturated rings. The van der Waals surface area contributed by atoms with Gasteiger partial charge >= 0.3 is 0 Å². The topological polar surface area (TPSA) is 48.9 Å². The van der Waals surface area contributed by atoms with Gasteiger partial charge in [-0.2, -0.15) is 5.10 Å². The highest BCUT2D eigenvalue weighted by Crippen LogP contribution is 2.06. The molecule has 132 valence electrons. The molecule has 5 nitrogen and oxygen atoms in total. The summed E-state index contributed by atoms with van der Waals surface area (Å²) < 4.78 is 18.3. The Morgan fingerprint density at radius 3 is 2.67 bits per heavy atom. The molecule has 1 aromatic carbocycles. The van der Waals surface area contributed by atoms with E-state index in [1.54, 1.807) is 12.1 Å². The Bertz CT molecular complexity index is 544. The Labute approximate surface area is 148 Å². The number of nitrogens with one attached hydrogen (secondary N) is 2. The number of halogens is 1. The third kappa shape index (κ3) is 6.51. The van der Waals surface area contributed by atoms with Gasteiger partial charge in [-0.15, -0.1) is 0 Å². The van der Waals surface area contributed by atoms with Gasteiger partial charge in [-0.1, -0.05) is 19.1 Å². The average molecular weight is 352 g/mol. The molecule has 0 bridgehead atoms. The van der Waals surface area contributed by atoms with Crippen LogP contribution < -0.4 is 10.7 Å². The molecule has 0 atom stereocenters. The molecule has 7 heteroatoms. The van der Waals surface area contributed by atoms with Crippen LogP contribution in [0.3, 0.4) is 0 Å². The van der Waals surface area contributed by atoms with Gasteiger partial charge < -0.3 is 10.1 Å². The Hall–Kier alpha value is -1.57. The van der Waals surface area contributed by atoms with Gasteiger partial charge in [-0.25, -0.2) is 4.39 Å². The number of morpholine rings is 1. The molecule has 1 saturated heterocycles. The van der Waals surface area contributed by atoms with Crippen molar-refractivity contribution in [3.63, 3.8) is 0 Å². The van der Waals surface area contributed by atoms with E-state index in [1.165, 1.54) is 12.1 Å². The van der Waals surface area contributed by atoms with Crippen molar-refractivity contribution in [3.05, 3.63) is 35.6 Å². The van der Waals surface area contributed by atoms with Crippen LogP contribution >= 0.6 is 12.2 Å². The first-order valence-corrected chi connectivity index (χ1v) is 8.76. The number of ether oxygens (including phenoxy) is 1. The number of hydrogen-bond donors (Lipinski definition) is 2. The maximum absolute atomic E-state index is 13.0. The summed E-state index contributed by atoms with van der Waals surface area (Å²) in [5.41, 5.74) is 4.60. The lowest BCUT2D eigenvalue weighted by molar-refractivity contribution is 0.0376. The molecule has 0 radical (unpaired) electrons. The van der Waals surface area contributed by atoms with Crippen molar-refractivity contribution in [2.24, 2.45) is 5.10 Å². The highest BCUT2D eigenvalue weighted by atomic mass is 32.1. The molecule has 0 unspecified atom stereocenters. The summed E-state index contributed by atoms with van der Waals surface area (Å²) >= 11 is 5.24. The van der Waals surface area contributed by atoms with Gasteiger partial charge in [-0.05, 0) is 49.3 Å². The van der Waals surface area contributed by atoms with E-state index in [4.69, 9.17) is 17.0 Å². The fraction of sp³-hybridized carbons (Fsp3) is 0.529. The summed E-state index contributed by atoms with van der Waals surface area (Å²) in [5.74, 6) is -0.250. The number of nitrogens with zero attached hydrogens (tertiary/aromatic N) is 2. The van der Waals surface area contributed by atoms with Crippen LogP contribution in [0.1, 0.15) is 25.3 Å². The molecule has 0 saturated carbocycles. The highest BCUT2D eigenvalue weighted by Gasteiger charge is 2.09. The minimum atomic E-state index is -0.250. The third-order valence-electron chi connectivity index (χ3n) is 3.85. The summed E-state index contributed by atoms with van der Waals surface area (Å²) in [6, 6.07) is 6.31. The number of rotatable bonds is 7. The van der Waals surface area contributed by atoms with Gasteiger partial charge in [0.05, 0.1) is 18.9 Å². The first-order chi connectivity index (χ1) is 11.7. The molecule has 1 aliphatic heterocycles. The van der Waals surface area contributed by atoms with Crippen molar-refractivity contribution in [3.8, 4) is 0 Å². The summed E-state index contributed by atoms with van der Waals surface area (Å²) in [6.45, 7) is 7.50. The first kappa shape index (κ1) is 18.8. The second-order valence-corrected chi connectivity index (χ2v) is 6.00. The van der Waals surface area contributed by atoms with Gasteiger partial charge in [0.1, 0.15) is 5.82 Å². The van der Waals surface area contributed by atoms with Crippen LogP contribution in [0.25, 0.3) is 0 Å². The molecule has 1 heterocycles. The van der Waals surface area contributed by atoms with Gasteiger partial charge in [-0.3, -0.25) is 10.3 Å². The van der Waals surface area contributed by atoms with E-state index in [1.807, 2.05) is 6.92 Å². The zero-order chi connectivity index (χ0) is 17.2. The van der Waals surface area contributed by atoms with Gasteiger partial charge in [0.25, 0.3) is 0 Å². The number of benzene rings is 1. The van der Waals surface area contributed by atoms with E-state index in [-0.39, 0.29) is 5.82 Å². The lowest BCUT2D eigenvalue weighted by Gasteiger charge is -2.26. The molecule has 1 aromatic rings. The van der Waals surface area contributed by atoms with Crippen LogP contribution in [0.2, 0.25) is 0 Å². The lowest BCUT2D eigenvalue weighted by Crippen LogP contribution is -2.39. The van der Waals surface area contributed by atoms with Crippen molar-refractivity contribution < 1.29 is 9.13 Å². The van der Waals surface area contributed by atoms with Crippen molar-refractivity contribution in [1.29, 1.82) is 0 Å². The van der Waals surface area contributed by atoms with Crippen molar-refractivity contribution >= 4 is 23.0 Å². The lowest BCUT2D eigenvalue weighted by atomic mass is 10.1. The maximum Gasteiger partial charge on any atom is 0.186 e. The predicted molar refractivity (Wildman–Crippen MR) is 98.8 cm³/mol. The van der Waals surface area contributed by atoms with E-state index < -0.39 is 0 Å². The van der Waals surface area contributed by atoms with Crippen molar-refractivity contribution in [2.75, 3.05) is 39.4 Å². The number of hydrazone groups is 1. The number of hydrogen-bond acceptors (Lipinski definition) is 4. The molecular formula is C17H25FN4OS. The summed E-state index contributed by atoms with van der Waals surface area (Å²) in [7, 11) is 0. The molecule has 0 aromatic heterocycles. The Balaban J connectivity index is 1.69. The third-order valence-corrected chi connectivity index (χ3v) is 4.08. The van der Waals surface area contributed by atoms with Crippen LogP contribution in [0.5, 0.6) is 0 Å². The molecule has 2 rings (SSSR count). The molecule has 0 amide bonds. The second kappa shape index (κ2) is 10.3. The molecule has 1 aliphatic rings. The number of thiocarbonyl (C=S) groups is 1. The van der Waals surface area contributed by atoms with E-state index in [9.17, 15) is 4.39 Å². The molecule has 24 heavy (non-hydrogen) atoms. The standard InChI is InChI=1S/C17H25FN4OS/c1-2-16(14-4-6-15(18)7-5-14)20-21-17(24)19-8-3-9-22-10-12-23-13-11-22/h4-7H,2-3,8-13H2,1H3,(H2,19,21,24)/b20-16-. The van der Waals surface area contributed by atoms with Crippen molar-refractivity contribution in [2.45, 2.75) is 19.8 Å². The van der Waals surface area contributed by atoms with Crippen LogP contribution in [0, 0.1) is 5.82 Å². The van der Waals surface area contributed by atoms with Crippen LogP contribution in [0.4, 0.5) is 4.39 Å². The minimum Gasteiger partial charge on any atom is -0.379 e. The van der Waals surface area contributed by atoms with Crippen molar-refractivity contribution in [1.82, 2.24) is 15.6 Å². The summed E-state index contributed by atoms with van der Waals surface area (Å²) in [6.07, 6.45) is 1.75. The maximum atomic E-state index is 13.0. The van der Waals surface area contributed by atoms with E-state index in [0.717, 1.165) is 63.5 Å². The monoisotopic (exact) mass is 352 g/mol. The molecular weight excluding hydrogens is 327 g/mol.